The fraction of sp³-hybridized carbons (Fsp3) is 0.875. The van der Waals surface area contributed by atoms with Crippen molar-refractivity contribution in [3.8, 4) is 0 Å². The minimum absolute atomic E-state index is 0.0136. The number of fused-ring (bicyclic) bond motifs is 1. The number of amides is 1. The van der Waals surface area contributed by atoms with E-state index in [0.717, 1.165) is 25.7 Å². The van der Waals surface area contributed by atoms with Gasteiger partial charge in [0.15, 0.2) is 0 Å². The maximum absolute atomic E-state index is 11.6. The number of carbonyl (C=O) groups is 2. The van der Waals surface area contributed by atoms with E-state index < -0.39 is 0 Å². The Hall–Kier alpha value is -0.900. The number of Topliss-reactive ketones (excluding diaryl/α,β-unsaturated/α-hetero) is 1. The zero-order valence-electron chi connectivity index (χ0n) is 12.6. The highest BCUT2D eigenvalue weighted by molar-refractivity contribution is 5.80. The van der Waals surface area contributed by atoms with E-state index in [4.69, 9.17) is 4.74 Å². The van der Waals surface area contributed by atoms with Gasteiger partial charge >= 0.3 is 0 Å². The number of carbonyl (C=O) groups excluding carboxylic acids is 2. The average molecular weight is 281 g/mol. The number of nitrogens with one attached hydrogen (secondary N) is 1. The summed E-state index contributed by atoms with van der Waals surface area (Å²) >= 11 is 0. The highest BCUT2D eigenvalue weighted by Gasteiger charge is 2.50. The Bertz CT molecular complexity index is 356. The second kappa shape index (κ2) is 7.21. The monoisotopic (exact) mass is 281 g/mol. The zero-order valence-corrected chi connectivity index (χ0v) is 12.6. The highest BCUT2D eigenvalue weighted by Crippen LogP contribution is 2.42. The van der Waals surface area contributed by atoms with Crippen LogP contribution in [-0.2, 0) is 14.3 Å². The van der Waals surface area contributed by atoms with Crippen LogP contribution in [0.5, 0.6) is 0 Å². The Morgan fingerprint density at radius 1 is 1.05 bits per heavy atom. The summed E-state index contributed by atoms with van der Waals surface area (Å²) in [5, 5.41) is 2.93. The molecule has 4 heteroatoms. The molecule has 2 saturated heterocycles. The molecule has 0 aromatic rings. The van der Waals surface area contributed by atoms with Crippen molar-refractivity contribution in [1.82, 2.24) is 5.32 Å². The molecule has 2 aliphatic rings. The molecule has 4 nitrogen and oxygen atoms in total. The molecule has 2 fully saturated rings. The summed E-state index contributed by atoms with van der Waals surface area (Å²) in [5.41, 5.74) is -0.0136. The Kier molecular flexibility index (Phi) is 5.58. The van der Waals surface area contributed by atoms with Gasteiger partial charge in [-0.2, -0.15) is 0 Å². The molecule has 1 amide bonds. The molecule has 114 valence electrons. The maximum Gasteiger partial charge on any atom is 0.220 e. The van der Waals surface area contributed by atoms with Gasteiger partial charge in [0.25, 0.3) is 0 Å². The number of epoxide rings is 1. The summed E-state index contributed by atoms with van der Waals surface area (Å²) in [7, 11) is 0. The number of hydrogen-bond donors (Lipinski definition) is 1. The maximum atomic E-state index is 11.6. The molecule has 0 spiro atoms. The number of rotatable bonds is 0. The number of ketones is 1. The van der Waals surface area contributed by atoms with Gasteiger partial charge in [0.1, 0.15) is 5.78 Å². The zero-order chi connectivity index (χ0) is 14.4. The Labute approximate surface area is 121 Å². The summed E-state index contributed by atoms with van der Waals surface area (Å²) in [4.78, 5) is 23.3. The average Bonchev–Trinajstić information content (AvgIpc) is 3.03. The molecule has 0 aromatic carbocycles. The summed E-state index contributed by atoms with van der Waals surface area (Å²) in [6, 6.07) is 0. The van der Waals surface area contributed by atoms with Crippen LogP contribution in [0, 0.1) is 0 Å². The molecule has 2 rings (SSSR count). The van der Waals surface area contributed by atoms with E-state index >= 15 is 0 Å². The molecular weight excluding hydrogens is 254 g/mol. The normalized spacial score (nSPS) is 34.1. The SMILES string of the molecule is CC12CCNC(=O)CCCC(=O)CCCCCCC1O2. The Balaban J connectivity index is 1.77. The van der Waals surface area contributed by atoms with Crippen molar-refractivity contribution in [2.24, 2.45) is 0 Å². The van der Waals surface area contributed by atoms with Crippen LogP contribution in [0.15, 0.2) is 0 Å². The van der Waals surface area contributed by atoms with Crippen molar-refractivity contribution in [3.05, 3.63) is 0 Å². The smallest absolute Gasteiger partial charge is 0.220 e. The molecular formula is C16H27NO3. The van der Waals surface area contributed by atoms with E-state index in [1.54, 1.807) is 0 Å². The lowest BCUT2D eigenvalue weighted by molar-refractivity contribution is -0.121. The second-order valence-corrected chi connectivity index (χ2v) is 6.36. The third-order valence-electron chi connectivity index (χ3n) is 4.51. The van der Waals surface area contributed by atoms with Gasteiger partial charge in [0.05, 0.1) is 11.7 Å². The molecule has 0 bridgehead atoms. The summed E-state index contributed by atoms with van der Waals surface area (Å²) in [5.74, 6) is 0.369. The van der Waals surface area contributed by atoms with Crippen molar-refractivity contribution in [2.45, 2.75) is 82.8 Å². The van der Waals surface area contributed by atoms with Crippen molar-refractivity contribution in [2.75, 3.05) is 6.54 Å². The van der Waals surface area contributed by atoms with Crippen LogP contribution in [0.4, 0.5) is 0 Å². The van der Waals surface area contributed by atoms with Gasteiger partial charge in [-0.15, -0.1) is 0 Å². The molecule has 2 aliphatic heterocycles. The standard InChI is InChI=1S/C16H27NO3/c1-16-11-12-17-15(19)10-6-8-13(18)7-4-2-3-5-9-14(16)20-16/h14H,2-12H2,1H3,(H,17,19). The second-order valence-electron chi connectivity index (χ2n) is 6.36. The molecule has 0 saturated carbocycles. The van der Waals surface area contributed by atoms with Crippen LogP contribution in [0.25, 0.3) is 0 Å². The fourth-order valence-electron chi connectivity index (χ4n) is 2.99. The Morgan fingerprint density at radius 2 is 1.80 bits per heavy atom. The lowest BCUT2D eigenvalue weighted by Crippen LogP contribution is -2.28. The number of hydrogen-bond acceptors (Lipinski definition) is 3. The van der Waals surface area contributed by atoms with Gasteiger partial charge in [-0.05, 0) is 32.6 Å². The topological polar surface area (TPSA) is 58.7 Å². The summed E-state index contributed by atoms with van der Waals surface area (Å²) in [6.07, 6.45) is 9.25. The van der Waals surface area contributed by atoms with Gasteiger partial charge in [0, 0.05) is 25.8 Å². The predicted octanol–water partition coefficient (Wildman–Crippen LogP) is 2.74. The van der Waals surface area contributed by atoms with Crippen LogP contribution >= 0.6 is 0 Å². The third kappa shape index (κ3) is 4.89. The van der Waals surface area contributed by atoms with E-state index in [2.05, 4.69) is 12.2 Å². The highest BCUT2D eigenvalue weighted by atomic mass is 16.6. The van der Waals surface area contributed by atoms with Crippen molar-refractivity contribution < 1.29 is 14.3 Å². The van der Waals surface area contributed by atoms with E-state index in [9.17, 15) is 9.59 Å². The quantitative estimate of drug-likeness (QED) is 0.695. The van der Waals surface area contributed by atoms with Gasteiger partial charge in [0.2, 0.25) is 5.91 Å². The first-order valence-corrected chi connectivity index (χ1v) is 8.06. The molecule has 1 N–H and O–H groups in total. The van der Waals surface area contributed by atoms with Gasteiger partial charge in [-0.25, -0.2) is 0 Å². The van der Waals surface area contributed by atoms with Gasteiger partial charge < -0.3 is 10.1 Å². The molecule has 2 unspecified atom stereocenters. The fourth-order valence-corrected chi connectivity index (χ4v) is 2.99. The number of ether oxygens (including phenoxy) is 1. The van der Waals surface area contributed by atoms with E-state index in [1.165, 1.54) is 12.8 Å². The minimum atomic E-state index is -0.0136. The molecule has 0 aliphatic carbocycles. The summed E-state index contributed by atoms with van der Waals surface area (Å²) in [6.45, 7) is 2.82. The first kappa shape index (κ1) is 15.5. The van der Waals surface area contributed by atoms with Crippen LogP contribution in [-0.4, -0.2) is 29.9 Å². The lowest BCUT2D eigenvalue weighted by atomic mass is 9.98. The van der Waals surface area contributed by atoms with Crippen LogP contribution in [0.2, 0.25) is 0 Å². The molecule has 0 radical (unpaired) electrons. The molecule has 2 atom stereocenters. The molecule has 0 aromatic heterocycles. The van der Waals surface area contributed by atoms with E-state index in [1.807, 2.05) is 0 Å². The predicted molar refractivity (Wildman–Crippen MR) is 77.5 cm³/mol. The van der Waals surface area contributed by atoms with Gasteiger partial charge in [-0.3, -0.25) is 9.59 Å². The van der Waals surface area contributed by atoms with Crippen LogP contribution < -0.4 is 5.32 Å². The van der Waals surface area contributed by atoms with Crippen LogP contribution in [0.1, 0.15) is 71.1 Å². The van der Waals surface area contributed by atoms with E-state index in [-0.39, 0.29) is 11.5 Å². The minimum Gasteiger partial charge on any atom is -0.366 e. The van der Waals surface area contributed by atoms with Crippen LogP contribution in [0.3, 0.4) is 0 Å². The first-order valence-electron chi connectivity index (χ1n) is 8.06. The first-order chi connectivity index (χ1) is 9.60. The largest absolute Gasteiger partial charge is 0.366 e. The van der Waals surface area contributed by atoms with Crippen molar-refractivity contribution in [3.63, 3.8) is 0 Å². The third-order valence-corrected chi connectivity index (χ3v) is 4.51. The van der Waals surface area contributed by atoms with Crippen molar-refractivity contribution >= 4 is 11.7 Å². The lowest BCUT2D eigenvalue weighted by Gasteiger charge is -2.09. The molecule has 2 heterocycles. The van der Waals surface area contributed by atoms with Gasteiger partial charge in [-0.1, -0.05) is 19.3 Å². The van der Waals surface area contributed by atoms with Crippen molar-refractivity contribution in [1.29, 1.82) is 0 Å². The van der Waals surface area contributed by atoms with E-state index in [0.29, 0.717) is 44.1 Å². The molecule has 20 heavy (non-hydrogen) atoms. The summed E-state index contributed by atoms with van der Waals surface area (Å²) < 4.78 is 5.78. The Morgan fingerprint density at radius 3 is 2.65 bits per heavy atom.